The van der Waals surface area contributed by atoms with Crippen molar-refractivity contribution in [2.75, 3.05) is 0 Å². The summed E-state index contributed by atoms with van der Waals surface area (Å²) in [6.45, 7) is 7.48. The molecule has 0 radical (unpaired) electrons. The van der Waals surface area contributed by atoms with Gasteiger partial charge in [-0.25, -0.2) is 10.9 Å². The van der Waals surface area contributed by atoms with Crippen LogP contribution in [0.2, 0.25) is 0 Å². The van der Waals surface area contributed by atoms with Gasteiger partial charge in [0.25, 0.3) is 0 Å². The van der Waals surface area contributed by atoms with Crippen LogP contribution in [0.25, 0.3) is 0 Å². The fraction of sp³-hybridized carbons (Fsp3) is 0.200. The normalized spacial score (nSPS) is 11.8. The predicted molar refractivity (Wildman–Crippen MR) is 103 cm³/mol. The largest absolute Gasteiger partial charge is 0.331 e. The molecule has 0 bridgehead atoms. The van der Waals surface area contributed by atoms with Crippen LogP contribution in [0.5, 0.6) is 0 Å². The molecular formula is C20H22N4O2. The van der Waals surface area contributed by atoms with E-state index < -0.39 is 11.8 Å². The highest BCUT2D eigenvalue weighted by molar-refractivity contribution is 6.35. The summed E-state index contributed by atoms with van der Waals surface area (Å²) in [7, 11) is 0. The lowest BCUT2D eigenvalue weighted by Crippen LogP contribution is -2.36. The van der Waals surface area contributed by atoms with E-state index in [-0.39, 0.29) is 0 Å². The molecule has 26 heavy (non-hydrogen) atoms. The zero-order valence-electron chi connectivity index (χ0n) is 15.3. The maximum Gasteiger partial charge on any atom is 0.331 e. The molecule has 2 aromatic rings. The third kappa shape index (κ3) is 5.37. The smallest absolute Gasteiger partial charge is 0.262 e. The quantitative estimate of drug-likeness (QED) is 0.505. The average molecular weight is 350 g/mol. The number of amides is 2. The molecule has 0 aliphatic rings. The van der Waals surface area contributed by atoms with Crippen molar-refractivity contribution in [3.05, 3.63) is 70.8 Å². The van der Waals surface area contributed by atoms with Gasteiger partial charge in [-0.3, -0.25) is 9.59 Å². The van der Waals surface area contributed by atoms with Crippen LogP contribution in [-0.2, 0) is 9.59 Å². The van der Waals surface area contributed by atoms with E-state index in [4.69, 9.17) is 0 Å². The number of carbonyl (C=O) groups excluding carboxylic acids is 2. The molecule has 0 saturated heterocycles. The van der Waals surface area contributed by atoms with Gasteiger partial charge in [-0.1, -0.05) is 59.7 Å². The molecule has 2 rings (SSSR count). The number of hydrazone groups is 2. The van der Waals surface area contributed by atoms with Gasteiger partial charge in [-0.05, 0) is 38.8 Å². The highest BCUT2D eigenvalue weighted by Crippen LogP contribution is 2.05. The fourth-order valence-electron chi connectivity index (χ4n) is 2.09. The average Bonchev–Trinajstić information content (AvgIpc) is 2.64. The molecule has 0 heterocycles. The van der Waals surface area contributed by atoms with Crippen molar-refractivity contribution in [1.82, 2.24) is 10.9 Å². The van der Waals surface area contributed by atoms with Crippen LogP contribution in [0.15, 0.2) is 58.7 Å². The van der Waals surface area contributed by atoms with Crippen LogP contribution in [0, 0.1) is 13.8 Å². The van der Waals surface area contributed by atoms with Crippen molar-refractivity contribution in [3.63, 3.8) is 0 Å². The van der Waals surface area contributed by atoms with Crippen molar-refractivity contribution < 1.29 is 9.59 Å². The Morgan fingerprint density at radius 3 is 1.27 bits per heavy atom. The van der Waals surface area contributed by atoms with E-state index in [0.717, 1.165) is 22.3 Å². The first kappa shape index (κ1) is 19.1. The summed E-state index contributed by atoms with van der Waals surface area (Å²) in [5.74, 6) is -1.76. The van der Waals surface area contributed by atoms with Gasteiger partial charge in [-0.2, -0.15) is 10.2 Å². The van der Waals surface area contributed by atoms with Crippen LogP contribution in [0.1, 0.15) is 36.1 Å². The second-order valence-electron chi connectivity index (χ2n) is 6.01. The van der Waals surface area contributed by atoms with Crippen molar-refractivity contribution in [3.8, 4) is 0 Å². The fourth-order valence-corrected chi connectivity index (χ4v) is 2.09. The number of benzene rings is 2. The third-order valence-corrected chi connectivity index (χ3v) is 3.80. The molecule has 2 amide bonds. The minimum absolute atomic E-state index is 0.602. The van der Waals surface area contributed by atoms with Crippen LogP contribution < -0.4 is 10.9 Å². The summed E-state index contributed by atoms with van der Waals surface area (Å²) < 4.78 is 0. The second kappa shape index (κ2) is 8.71. The lowest BCUT2D eigenvalue weighted by Gasteiger charge is -2.04. The Morgan fingerprint density at radius 1 is 0.654 bits per heavy atom. The highest BCUT2D eigenvalue weighted by atomic mass is 16.2. The van der Waals surface area contributed by atoms with Crippen molar-refractivity contribution in [2.45, 2.75) is 27.7 Å². The van der Waals surface area contributed by atoms with Crippen LogP contribution in [-0.4, -0.2) is 23.2 Å². The molecule has 2 aromatic carbocycles. The molecule has 0 atom stereocenters. The van der Waals surface area contributed by atoms with E-state index in [1.54, 1.807) is 13.8 Å². The minimum Gasteiger partial charge on any atom is -0.262 e. The molecule has 6 nitrogen and oxygen atoms in total. The molecule has 0 aliphatic carbocycles. The first-order chi connectivity index (χ1) is 12.4. The van der Waals surface area contributed by atoms with Gasteiger partial charge in [0.05, 0.1) is 11.4 Å². The lowest BCUT2D eigenvalue weighted by atomic mass is 10.1. The van der Waals surface area contributed by atoms with E-state index in [1.165, 1.54) is 0 Å². The predicted octanol–water partition coefficient (Wildman–Crippen LogP) is 2.68. The van der Waals surface area contributed by atoms with Crippen molar-refractivity contribution in [1.29, 1.82) is 0 Å². The van der Waals surface area contributed by atoms with Gasteiger partial charge in [-0.15, -0.1) is 0 Å². The Hall–Kier alpha value is -3.28. The second-order valence-corrected chi connectivity index (χ2v) is 6.01. The Kier molecular flexibility index (Phi) is 6.38. The van der Waals surface area contributed by atoms with Gasteiger partial charge in [0.1, 0.15) is 0 Å². The standard InChI is InChI=1S/C20H22N4O2/c1-13-5-9-17(10-6-13)15(3)21-23-19(25)20(26)24-22-16(4)18-11-7-14(2)8-12-18/h5-12H,1-4H3,(H,23,25)(H,24,26). The van der Waals surface area contributed by atoms with Gasteiger partial charge in [0.2, 0.25) is 0 Å². The molecule has 2 N–H and O–H groups in total. The lowest BCUT2D eigenvalue weighted by molar-refractivity contribution is -0.139. The SMILES string of the molecule is CC(=NNC(=O)C(=O)NN=C(C)c1ccc(C)cc1)c1ccc(C)cc1. The summed E-state index contributed by atoms with van der Waals surface area (Å²) in [4.78, 5) is 23.7. The molecule has 0 saturated carbocycles. The summed E-state index contributed by atoms with van der Waals surface area (Å²) in [5.41, 5.74) is 9.67. The monoisotopic (exact) mass is 350 g/mol. The number of carbonyl (C=O) groups is 2. The van der Waals surface area contributed by atoms with Crippen molar-refractivity contribution in [2.24, 2.45) is 10.2 Å². The van der Waals surface area contributed by atoms with E-state index >= 15 is 0 Å². The Balaban J connectivity index is 1.93. The molecule has 0 unspecified atom stereocenters. The molecular weight excluding hydrogens is 328 g/mol. The number of hydrogen-bond acceptors (Lipinski definition) is 4. The first-order valence-electron chi connectivity index (χ1n) is 8.20. The van der Waals surface area contributed by atoms with Gasteiger partial charge in [0, 0.05) is 0 Å². The van der Waals surface area contributed by atoms with Crippen LogP contribution in [0.4, 0.5) is 0 Å². The maximum absolute atomic E-state index is 11.8. The van der Waals surface area contributed by atoms with Gasteiger partial charge >= 0.3 is 11.8 Å². The molecule has 6 heteroatoms. The van der Waals surface area contributed by atoms with E-state index in [9.17, 15) is 9.59 Å². The van der Waals surface area contributed by atoms with Crippen LogP contribution >= 0.6 is 0 Å². The summed E-state index contributed by atoms with van der Waals surface area (Å²) >= 11 is 0. The van der Waals surface area contributed by atoms with Gasteiger partial charge < -0.3 is 0 Å². The summed E-state index contributed by atoms with van der Waals surface area (Å²) in [6, 6.07) is 15.4. The Morgan fingerprint density at radius 2 is 0.962 bits per heavy atom. The van der Waals surface area contributed by atoms with E-state index in [0.29, 0.717) is 11.4 Å². The number of hydrogen-bond donors (Lipinski definition) is 2. The molecule has 0 spiro atoms. The highest BCUT2D eigenvalue weighted by Gasteiger charge is 2.12. The van der Waals surface area contributed by atoms with Crippen LogP contribution in [0.3, 0.4) is 0 Å². The molecule has 0 aromatic heterocycles. The topological polar surface area (TPSA) is 82.9 Å². The Bertz CT molecular complexity index is 777. The number of rotatable bonds is 4. The van der Waals surface area contributed by atoms with Crippen molar-refractivity contribution >= 4 is 23.2 Å². The number of nitrogens with one attached hydrogen (secondary N) is 2. The molecule has 0 aliphatic heterocycles. The molecule has 134 valence electrons. The molecule has 0 fully saturated rings. The summed E-state index contributed by atoms with van der Waals surface area (Å²) in [5, 5.41) is 7.90. The summed E-state index contributed by atoms with van der Waals surface area (Å²) in [6.07, 6.45) is 0. The third-order valence-electron chi connectivity index (χ3n) is 3.80. The number of aryl methyl sites for hydroxylation is 2. The van der Waals surface area contributed by atoms with Gasteiger partial charge in [0.15, 0.2) is 0 Å². The number of nitrogens with zero attached hydrogens (tertiary/aromatic N) is 2. The zero-order chi connectivity index (χ0) is 19.1. The first-order valence-corrected chi connectivity index (χ1v) is 8.20. The minimum atomic E-state index is -0.878. The maximum atomic E-state index is 11.8. The van der Waals surface area contributed by atoms with E-state index in [1.807, 2.05) is 62.4 Å². The van der Waals surface area contributed by atoms with E-state index in [2.05, 4.69) is 21.1 Å². The zero-order valence-corrected chi connectivity index (χ0v) is 15.3. The Labute approximate surface area is 153 Å².